The van der Waals surface area contributed by atoms with Gasteiger partial charge in [-0.05, 0) is 91.3 Å². The quantitative estimate of drug-likeness (QED) is 0.308. The summed E-state index contributed by atoms with van der Waals surface area (Å²) in [5.41, 5.74) is 6.04. The van der Waals surface area contributed by atoms with Gasteiger partial charge in [-0.15, -0.1) is 11.8 Å². The molecule has 3 aromatic carbocycles. The lowest BCUT2D eigenvalue weighted by Crippen LogP contribution is -2.35. The molecule has 0 saturated heterocycles. The van der Waals surface area contributed by atoms with E-state index in [2.05, 4.69) is 84.3 Å². The molecule has 6 rings (SSSR count). The van der Waals surface area contributed by atoms with Crippen molar-refractivity contribution in [1.29, 1.82) is 0 Å². The summed E-state index contributed by atoms with van der Waals surface area (Å²) in [6, 6.07) is 26.2. The zero-order valence-corrected chi connectivity index (χ0v) is 20.5. The normalized spacial score (nSPS) is 26.4. The smallest absolute Gasteiger partial charge is 0.251 e. The fourth-order valence-corrected chi connectivity index (χ4v) is 7.46. The van der Waals surface area contributed by atoms with Crippen LogP contribution >= 0.6 is 11.8 Å². The molecule has 1 amide bonds. The maximum atomic E-state index is 13.0. The number of thioether (sulfide) groups is 1. The summed E-state index contributed by atoms with van der Waals surface area (Å²) in [5, 5.41) is 7.01. The first-order valence-corrected chi connectivity index (χ1v) is 13.6. The third-order valence-corrected chi connectivity index (χ3v) is 9.20. The number of carbonyl (C=O) groups excluding carboxylic acids is 1. The zero-order valence-electron chi connectivity index (χ0n) is 19.7. The molecule has 0 aromatic heterocycles. The molecular formula is C30H32N2OS. The monoisotopic (exact) mass is 468 g/mol. The number of rotatable bonds is 6. The van der Waals surface area contributed by atoms with Crippen LogP contribution in [0.4, 0.5) is 5.69 Å². The minimum absolute atomic E-state index is 0.0391. The average molecular weight is 469 g/mol. The van der Waals surface area contributed by atoms with Crippen LogP contribution in [0.1, 0.15) is 58.3 Å². The van der Waals surface area contributed by atoms with Crippen molar-refractivity contribution in [1.82, 2.24) is 5.32 Å². The minimum atomic E-state index is 0.0391. The van der Waals surface area contributed by atoms with Gasteiger partial charge in [0.05, 0.1) is 6.04 Å². The first-order chi connectivity index (χ1) is 16.7. The Balaban J connectivity index is 1.17. The molecule has 3 nitrogen and oxygen atoms in total. The van der Waals surface area contributed by atoms with Crippen molar-refractivity contribution in [3.63, 3.8) is 0 Å². The number of fused-ring (bicyclic) bond motifs is 7. The van der Waals surface area contributed by atoms with Crippen LogP contribution in [0.5, 0.6) is 0 Å². The topological polar surface area (TPSA) is 41.1 Å². The summed E-state index contributed by atoms with van der Waals surface area (Å²) in [4.78, 5) is 14.2. The lowest BCUT2D eigenvalue weighted by Gasteiger charge is -2.43. The number of carbonyl (C=O) groups is 1. The third-order valence-electron chi connectivity index (χ3n) is 8.19. The molecular weight excluding hydrogens is 436 g/mol. The molecule has 2 saturated carbocycles. The standard InChI is InChI=1S/C30H32N2OS/c1-19-7-12-24(13-8-19)34-16-15-31-30(33)23-11-14-26-25(18-23)27-21-9-10-22(17-21)28(27)29(32-26)20-5-3-2-4-6-20/h2-8,11-14,18,21-22,27-29,32H,9-10,15-17H2,1H3,(H,31,33)/t21-,22-,27-,28+,29+/m0/s1. The van der Waals surface area contributed by atoms with Crippen LogP contribution in [0.15, 0.2) is 77.7 Å². The summed E-state index contributed by atoms with van der Waals surface area (Å²) in [6.45, 7) is 2.77. The van der Waals surface area contributed by atoms with Gasteiger partial charge < -0.3 is 10.6 Å². The Kier molecular flexibility index (Phi) is 5.86. The van der Waals surface area contributed by atoms with Gasteiger partial charge in [-0.25, -0.2) is 0 Å². The van der Waals surface area contributed by atoms with Crippen molar-refractivity contribution in [3.05, 3.63) is 95.1 Å². The van der Waals surface area contributed by atoms with Crippen LogP contribution in [0.3, 0.4) is 0 Å². The Hall–Kier alpha value is -2.72. The zero-order chi connectivity index (χ0) is 23.1. The fourth-order valence-electron chi connectivity index (χ4n) is 6.69. The second kappa shape index (κ2) is 9.14. The summed E-state index contributed by atoms with van der Waals surface area (Å²) >= 11 is 1.78. The Labute approximate surface area is 206 Å². The second-order valence-corrected chi connectivity index (χ2v) is 11.4. The Morgan fingerprint density at radius 2 is 1.79 bits per heavy atom. The molecule has 3 aromatic rings. The lowest BCUT2D eigenvalue weighted by atomic mass is 9.68. The highest BCUT2D eigenvalue weighted by molar-refractivity contribution is 7.99. The number of nitrogens with one attached hydrogen (secondary N) is 2. The summed E-state index contributed by atoms with van der Waals surface area (Å²) in [6.07, 6.45) is 4.02. The number of amides is 1. The lowest BCUT2D eigenvalue weighted by molar-refractivity contribution is 0.0956. The van der Waals surface area contributed by atoms with Crippen molar-refractivity contribution in [2.24, 2.45) is 17.8 Å². The van der Waals surface area contributed by atoms with Crippen LogP contribution < -0.4 is 10.6 Å². The second-order valence-electron chi connectivity index (χ2n) is 10.2. The van der Waals surface area contributed by atoms with Gasteiger partial charge >= 0.3 is 0 Å². The predicted molar refractivity (Wildman–Crippen MR) is 141 cm³/mol. The van der Waals surface area contributed by atoms with Crippen molar-refractivity contribution < 1.29 is 4.79 Å². The molecule has 4 heteroatoms. The van der Waals surface area contributed by atoms with Gasteiger partial charge in [0.2, 0.25) is 0 Å². The van der Waals surface area contributed by atoms with E-state index in [1.807, 2.05) is 6.07 Å². The highest BCUT2D eigenvalue weighted by Gasteiger charge is 2.53. The molecule has 34 heavy (non-hydrogen) atoms. The molecule has 2 N–H and O–H groups in total. The largest absolute Gasteiger partial charge is 0.378 e. The molecule has 2 bridgehead atoms. The average Bonchev–Trinajstić information content (AvgIpc) is 3.50. The Bertz CT molecular complexity index is 1180. The van der Waals surface area contributed by atoms with E-state index in [4.69, 9.17) is 0 Å². The molecule has 2 aliphatic carbocycles. The number of hydrogen-bond donors (Lipinski definition) is 2. The van der Waals surface area contributed by atoms with E-state index in [-0.39, 0.29) is 5.91 Å². The van der Waals surface area contributed by atoms with Crippen LogP contribution in [0.2, 0.25) is 0 Å². The van der Waals surface area contributed by atoms with E-state index >= 15 is 0 Å². The van der Waals surface area contributed by atoms with Crippen LogP contribution in [0, 0.1) is 24.7 Å². The summed E-state index contributed by atoms with van der Waals surface area (Å²) < 4.78 is 0. The van der Waals surface area contributed by atoms with E-state index in [1.54, 1.807) is 11.8 Å². The molecule has 174 valence electrons. The van der Waals surface area contributed by atoms with Gasteiger partial charge in [0, 0.05) is 28.4 Å². The minimum Gasteiger partial charge on any atom is -0.378 e. The third kappa shape index (κ3) is 4.02. The molecule has 0 unspecified atom stereocenters. The molecule has 2 fully saturated rings. The van der Waals surface area contributed by atoms with E-state index in [1.165, 1.54) is 46.5 Å². The van der Waals surface area contributed by atoms with Crippen LogP contribution in [0.25, 0.3) is 0 Å². The molecule has 5 atom stereocenters. The molecule has 1 aliphatic heterocycles. The predicted octanol–water partition coefficient (Wildman–Crippen LogP) is 6.81. The maximum absolute atomic E-state index is 13.0. The van der Waals surface area contributed by atoms with Gasteiger partial charge in [0.1, 0.15) is 0 Å². The summed E-state index contributed by atoms with van der Waals surface area (Å²) in [7, 11) is 0. The fraction of sp³-hybridized carbons (Fsp3) is 0.367. The molecule has 1 heterocycles. The number of benzene rings is 3. The Morgan fingerprint density at radius 3 is 2.62 bits per heavy atom. The van der Waals surface area contributed by atoms with Crippen molar-refractivity contribution in [3.8, 4) is 0 Å². The maximum Gasteiger partial charge on any atom is 0.251 e. The van der Waals surface area contributed by atoms with Gasteiger partial charge in [0.25, 0.3) is 5.91 Å². The van der Waals surface area contributed by atoms with Crippen LogP contribution in [-0.2, 0) is 0 Å². The first kappa shape index (κ1) is 21.8. The molecule has 0 spiro atoms. The van der Waals surface area contributed by atoms with E-state index in [0.717, 1.165) is 23.2 Å². The number of anilines is 1. The van der Waals surface area contributed by atoms with E-state index in [9.17, 15) is 4.79 Å². The van der Waals surface area contributed by atoms with E-state index in [0.29, 0.717) is 24.4 Å². The number of aryl methyl sites for hydroxylation is 1. The number of hydrogen-bond acceptors (Lipinski definition) is 3. The molecule has 0 radical (unpaired) electrons. The highest BCUT2D eigenvalue weighted by atomic mass is 32.2. The van der Waals surface area contributed by atoms with Crippen molar-refractivity contribution in [2.45, 2.75) is 43.0 Å². The van der Waals surface area contributed by atoms with Crippen LogP contribution in [-0.4, -0.2) is 18.2 Å². The molecule has 3 aliphatic rings. The van der Waals surface area contributed by atoms with Gasteiger partial charge in [0.15, 0.2) is 0 Å². The summed E-state index contributed by atoms with van der Waals surface area (Å²) in [5.74, 6) is 3.64. The SMILES string of the molecule is Cc1ccc(SCCNC(=O)c2ccc3c(c2)[C@@H]2[C@H]4CC[C@@H](C4)[C@H]2[C@@H](c2ccccc2)N3)cc1. The van der Waals surface area contributed by atoms with Gasteiger partial charge in [-0.3, -0.25) is 4.79 Å². The van der Waals surface area contributed by atoms with E-state index < -0.39 is 0 Å². The van der Waals surface area contributed by atoms with Gasteiger partial charge in [-0.1, -0.05) is 48.0 Å². The first-order valence-electron chi connectivity index (χ1n) is 12.6. The van der Waals surface area contributed by atoms with Crippen molar-refractivity contribution in [2.75, 3.05) is 17.6 Å². The Morgan fingerprint density at radius 1 is 1.00 bits per heavy atom. The highest BCUT2D eigenvalue weighted by Crippen LogP contribution is 2.63. The van der Waals surface area contributed by atoms with Gasteiger partial charge in [-0.2, -0.15) is 0 Å². The van der Waals surface area contributed by atoms with Crippen molar-refractivity contribution >= 4 is 23.4 Å².